The molecule has 0 unspecified atom stereocenters. The van der Waals surface area contributed by atoms with Crippen LogP contribution in [0.2, 0.25) is 5.02 Å². The molecule has 2 N–H and O–H groups in total. The van der Waals surface area contributed by atoms with Crippen LogP contribution >= 0.6 is 23.8 Å². The SMILES string of the molecule is CCCOc1ccc(NC(=S)NC(=O)c2ccc(Cl)cc2)cc1. The number of carbonyl (C=O) groups is 1. The zero-order valence-corrected chi connectivity index (χ0v) is 14.2. The third-order valence-electron chi connectivity index (χ3n) is 2.92. The van der Waals surface area contributed by atoms with Crippen LogP contribution in [0.3, 0.4) is 0 Å². The lowest BCUT2D eigenvalue weighted by Crippen LogP contribution is -2.34. The second-order valence-electron chi connectivity index (χ2n) is 4.79. The Morgan fingerprint density at radius 2 is 1.78 bits per heavy atom. The molecule has 23 heavy (non-hydrogen) atoms. The first-order valence-electron chi connectivity index (χ1n) is 7.19. The lowest BCUT2D eigenvalue weighted by molar-refractivity contribution is 0.0978. The van der Waals surface area contributed by atoms with Gasteiger partial charge in [0.05, 0.1) is 6.61 Å². The molecule has 0 aromatic heterocycles. The van der Waals surface area contributed by atoms with Crippen molar-refractivity contribution in [2.45, 2.75) is 13.3 Å². The van der Waals surface area contributed by atoms with E-state index in [1.54, 1.807) is 24.3 Å². The van der Waals surface area contributed by atoms with E-state index in [2.05, 4.69) is 17.6 Å². The summed E-state index contributed by atoms with van der Waals surface area (Å²) in [6.45, 7) is 2.74. The molecule has 1 amide bonds. The van der Waals surface area contributed by atoms with Gasteiger partial charge in [-0.05, 0) is 67.2 Å². The maximum Gasteiger partial charge on any atom is 0.257 e. The molecule has 0 radical (unpaired) electrons. The molecular weight excluding hydrogens is 332 g/mol. The number of amides is 1. The molecule has 2 aromatic carbocycles. The molecule has 0 atom stereocenters. The molecule has 2 aromatic rings. The smallest absolute Gasteiger partial charge is 0.257 e. The van der Waals surface area contributed by atoms with Gasteiger partial charge in [0.15, 0.2) is 5.11 Å². The summed E-state index contributed by atoms with van der Waals surface area (Å²) in [6.07, 6.45) is 0.959. The summed E-state index contributed by atoms with van der Waals surface area (Å²) in [7, 11) is 0. The van der Waals surface area contributed by atoms with Crippen molar-refractivity contribution in [1.29, 1.82) is 0 Å². The van der Waals surface area contributed by atoms with Gasteiger partial charge in [0, 0.05) is 16.3 Å². The second-order valence-corrected chi connectivity index (χ2v) is 5.63. The number of rotatable bonds is 5. The zero-order valence-electron chi connectivity index (χ0n) is 12.6. The summed E-state index contributed by atoms with van der Waals surface area (Å²) in [5.74, 6) is 0.510. The topological polar surface area (TPSA) is 50.4 Å². The van der Waals surface area contributed by atoms with Gasteiger partial charge in [-0.2, -0.15) is 0 Å². The Kier molecular flexibility index (Phi) is 6.38. The maximum absolute atomic E-state index is 12.0. The minimum Gasteiger partial charge on any atom is -0.494 e. The van der Waals surface area contributed by atoms with Crippen molar-refractivity contribution >= 4 is 40.5 Å². The Morgan fingerprint density at radius 1 is 1.13 bits per heavy atom. The fraction of sp³-hybridized carbons (Fsp3) is 0.176. The van der Waals surface area contributed by atoms with E-state index in [9.17, 15) is 4.79 Å². The van der Waals surface area contributed by atoms with Crippen LogP contribution in [0.1, 0.15) is 23.7 Å². The van der Waals surface area contributed by atoms with Crippen molar-refractivity contribution in [3.8, 4) is 5.75 Å². The Labute approximate surface area is 145 Å². The van der Waals surface area contributed by atoms with Gasteiger partial charge < -0.3 is 10.1 Å². The van der Waals surface area contributed by atoms with Crippen LogP contribution in [0.5, 0.6) is 5.75 Å². The largest absolute Gasteiger partial charge is 0.494 e. The van der Waals surface area contributed by atoms with Gasteiger partial charge in [-0.25, -0.2) is 0 Å². The number of ether oxygens (including phenoxy) is 1. The van der Waals surface area contributed by atoms with Gasteiger partial charge >= 0.3 is 0 Å². The van der Waals surface area contributed by atoms with Crippen LogP contribution in [-0.4, -0.2) is 17.6 Å². The molecule has 0 aliphatic heterocycles. The van der Waals surface area contributed by atoms with E-state index in [1.807, 2.05) is 24.3 Å². The van der Waals surface area contributed by atoms with Gasteiger partial charge in [0.2, 0.25) is 0 Å². The maximum atomic E-state index is 12.0. The van der Waals surface area contributed by atoms with E-state index in [-0.39, 0.29) is 11.0 Å². The zero-order chi connectivity index (χ0) is 16.7. The summed E-state index contributed by atoms with van der Waals surface area (Å²) in [4.78, 5) is 12.0. The summed E-state index contributed by atoms with van der Waals surface area (Å²) < 4.78 is 5.51. The van der Waals surface area contributed by atoms with Crippen LogP contribution < -0.4 is 15.4 Å². The van der Waals surface area contributed by atoms with Crippen molar-refractivity contribution in [2.75, 3.05) is 11.9 Å². The average molecular weight is 349 g/mol. The molecule has 0 bridgehead atoms. The Bertz CT molecular complexity index is 672. The Hall–Kier alpha value is -2.11. The summed E-state index contributed by atoms with van der Waals surface area (Å²) in [5.41, 5.74) is 1.26. The van der Waals surface area contributed by atoms with E-state index in [4.69, 9.17) is 28.6 Å². The van der Waals surface area contributed by atoms with Gasteiger partial charge in [0.25, 0.3) is 5.91 Å². The predicted octanol–water partition coefficient (Wildman–Crippen LogP) is 4.26. The highest BCUT2D eigenvalue weighted by molar-refractivity contribution is 7.80. The first-order valence-corrected chi connectivity index (χ1v) is 7.98. The summed E-state index contributed by atoms with van der Waals surface area (Å²) in [5, 5.41) is 6.38. The molecular formula is C17H17ClN2O2S. The molecule has 0 aliphatic rings. The van der Waals surface area contributed by atoms with Gasteiger partial charge in [-0.3, -0.25) is 10.1 Å². The fourth-order valence-corrected chi connectivity index (χ4v) is 2.13. The minimum absolute atomic E-state index is 0.229. The van der Waals surface area contributed by atoms with E-state index >= 15 is 0 Å². The quantitative estimate of drug-likeness (QED) is 0.793. The highest BCUT2D eigenvalue weighted by atomic mass is 35.5. The highest BCUT2D eigenvalue weighted by Crippen LogP contribution is 2.16. The second kappa shape index (κ2) is 8.50. The lowest BCUT2D eigenvalue weighted by atomic mass is 10.2. The van der Waals surface area contributed by atoms with Crippen LogP contribution in [-0.2, 0) is 0 Å². The van der Waals surface area contributed by atoms with Crippen molar-refractivity contribution in [3.05, 3.63) is 59.1 Å². The van der Waals surface area contributed by atoms with Gasteiger partial charge in [0.1, 0.15) is 5.75 Å². The number of anilines is 1. The van der Waals surface area contributed by atoms with E-state index in [0.29, 0.717) is 17.2 Å². The number of hydrogen-bond acceptors (Lipinski definition) is 3. The number of carbonyl (C=O) groups excluding carboxylic acids is 1. The summed E-state index contributed by atoms with van der Waals surface area (Å²) >= 11 is 10.9. The Morgan fingerprint density at radius 3 is 2.39 bits per heavy atom. The molecule has 0 saturated heterocycles. The monoisotopic (exact) mass is 348 g/mol. The van der Waals surface area contributed by atoms with Gasteiger partial charge in [-0.1, -0.05) is 18.5 Å². The number of benzene rings is 2. The molecule has 0 fully saturated rings. The molecule has 0 saturated carbocycles. The van der Waals surface area contributed by atoms with E-state index < -0.39 is 0 Å². The number of nitrogens with one attached hydrogen (secondary N) is 2. The van der Waals surface area contributed by atoms with Crippen molar-refractivity contribution < 1.29 is 9.53 Å². The standard InChI is InChI=1S/C17H17ClN2O2S/c1-2-11-22-15-9-7-14(8-10-15)19-17(23)20-16(21)12-3-5-13(18)6-4-12/h3-10H,2,11H2,1H3,(H2,19,20,21,23). The number of halogens is 1. The minimum atomic E-state index is -0.290. The van der Waals surface area contributed by atoms with Crippen LogP contribution in [0.25, 0.3) is 0 Å². The summed E-state index contributed by atoms with van der Waals surface area (Å²) in [6, 6.07) is 14.0. The van der Waals surface area contributed by atoms with E-state index in [0.717, 1.165) is 17.9 Å². The molecule has 4 nitrogen and oxygen atoms in total. The van der Waals surface area contributed by atoms with E-state index in [1.165, 1.54) is 0 Å². The van der Waals surface area contributed by atoms with Crippen LogP contribution in [0.15, 0.2) is 48.5 Å². The Balaban J connectivity index is 1.88. The first kappa shape index (κ1) is 17.2. The molecule has 0 spiro atoms. The highest BCUT2D eigenvalue weighted by Gasteiger charge is 2.07. The number of hydrogen-bond donors (Lipinski definition) is 2. The van der Waals surface area contributed by atoms with Crippen molar-refractivity contribution in [3.63, 3.8) is 0 Å². The third-order valence-corrected chi connectivity index (χ3v) is 3.37. The number of thiocarbonyl (C=S) groups is 1. The molecule has 6 heteroatoms. The lowest BCUT2D eigenvalue weighted by Gasteiger charge is -2.10. The molecule has 0 aliphatic carbocycles. The van der Waals surface area contributed by atoms with Crippen LogP contribution in [0.4, 0.5) is 5.69 Å². The third kappa shape index (κ3) is 5.54. The molecule has 2 rings (SSSR count). The van der Waals surface area contributed by atoms with Crippen LogP contribution in [0, 0.1) is 0 Å². The van der Waals surface area contributed by atoms with Crippen molar-refractivity contribution in [1.82, 2.24) is 5.32 Å². The normalized spacial score (nSPS) is 10.0. The molecule has 0 heterocycles. The fourth-order valence-electron chi connectivity index (χ4n) is 1.79. The van der Waals surface area contributed by atoms with Crippen molar-refractivity contribution in [2.24, 2.45) is 0 Å². The molecule has 120 valence electrons. The first-order chi connectivity index (χ1) is 11.1. The van der Waals surface area contributed by atoms with Gasteiger partial charge in [-0.15, -0.1) is 0 Å². The predicted molar refractivity (Wildman–Crippen MR) is 97.4 cm³/mol. The average Bonchev–Trinajstić information content (AvgIpc) is 2.54.